The van der Waals surface area contributed by atoms with Crippen molar-refractivity contribution in [2.75, 3.05) is 0 Å². The molecule has 0 atom stereocenters. The maximum Gasteiger partial charge on any atom is 0.213 e. The van der Waals surface area contributed by atoms with Crippen LogP contribution in [0.4, 0.5) is 0 Å². The second-order valence-corrected chi connectivity index (χ2v) is 7.06. The standard InChI is InChI=1S/C14H8BrN3S2/c15-10-5-3-9(4-6-10)11-8-18-14(16-11)20-13(17-18)12-2-1-7-19-12/h1-8H. The molecule has 4 rings (SSSR count). The second kappa shape index (κ2) is 4.80. The Hall–Kier alpha value is -1.50. The summed E-state index contributed by atoms with van der Waals surface area (Å²) in [4.78, 5) is 6.76. The number of halogens is 1. The van der Waals surface area contributed by atoms with Gasteiger partial charge in [-0.2, -0.15) is 5.10 Å². The van der Waals surface area contributed by atoms with Gasteiger partial charge >= 0.3 is 0 Å². The molecule has 0 fully saturated rings. The number of thiophene rings is 1. The Morgan fingerprint density at radius 3 is 2.65 bits per heavy atom. The number of fused-ring (bicyclic) bond motifs is 1. The van der Waals surface area contributed by atoms with E-state index in [1.807, 2.05) is 28.9 Å². The predicted molar refractivity (Wildman–Crippen MR) is 87.3 cm³/mol. The Labute approximate surface area is 131 Å². The summed E-state index contributed by atoms with van der Waals surface area (Å²) < 4.78 is 2.93. The summed E-state index contributed by atoms with van der Waals surface area (Å²) in [5.41, 5.74) is 2.05. The average molecular weight is 362 g/mol. The molecule has 20 heavy (non-hydrogen) atoms. The Morgan fingerprint density at radius 1 is 1.10 bits per heavy atom. The summed E-state index contributed by atoms with van der Waals surface area (Å²) in [7, 11) is 0. The van der Waals surface area contributed by atoms with E-state index in [1.165, 1.54) is 4.88 Å². The summed E-state index contributed by atoms with van der Waals surface area (Å²) in [5, 5.41) is 7.67. The van der Waals surface area contributed by atoms with Gasteiger partial charge in [0.15, 0.2) is 5.01 Å². The SMILES string of the molecule is Brc1ccc(-c2cn3nc(-c4cccs4)sc3n2)cc1. The van der Waals surface area contributed by atoms with Gasteiger partial charge in [0.2, 0.25) is 4.96 Å². The molecule has 4 aromatic rings. The highest BCUT2D eigenvalue weighted by Crippen LogP contribution is 2.30. The van der Waals surface area contributed by atoms with E-state index in [9.17, 15) is 0 Å². The summed E-state index contributed by atoms with van der Waals surface area (Å²) in [6.45, 7) is 0. The van der Waals surface area contributed by atoms with Crippen molar-refractivity contribution in [3.63, 3.8) is 0 Å². The van der Waals surface area contributed by atoms with E-state index >= 15 is 0 Å². The molecule has 0 aliphatic heterocycles. The van der Waals surface area contributed by atoms with Gasteiger partial charge in [-0.05, 0) is 23.6 Å². The maximum atomic E-state index is 4.65. The third-order valence-corrected chi connectivity index (χ3v) is 5.41. The van der Waals surface area contributed by atoms with E-state index in [0.717, 1.165) is 25.7 Å². The van der Waals surface area contributed by atoms with Crippen LogP contribution in [0, 0.1) is 0 Å². The average Bonchev–Trinajstić information content (AvgIpc) is 3.14. The normalized spacial score (nSPS) is 11.2. The van der Waals surface area contributed by atoms with E-state index in [4.69, 9.17) is 0 Å². The van der Waals surface area contributed by atoms with Crippen molar-refractivity contribution in [2.45, 2.75) is 0 Å². The van der Waals surface area contributed by atoms with E-state index in [1.54, 1.807) is 22.7 Å². The lowest BCUT2D eigenvalue weighted by molar-refractivity contribution is 0.980. The molecular formula is C14H8BrN3S2. The van der Waals surface area contributed by atoms with Gasteiger partial charge in [0.1, 0.15) is 0 Å². The molecule has 6 heteroatoms. The lowest BCUT2D eigenvalue weighted by Gasteiger charge is -1.95. The number of hydrogen-bond acceptors (Lipinski definition) is 4. The zero-order valence-corrected chi connectivity index (χ0v) is 13.4. The van der Waals surface area contributed by atoms with Gasteiger partial charge in [-0.3, -0.25) is 0 Å². The molecule has 1 aromatic carbocycles. The number of rotatable bonds is 2. The highest BCUT2D eigenvalue weighted by Gasteiger charge is 2.11. The van der Waals surface area contributed by atoms with Crippen LogP contribution in [-0.2, 0) is 0 Å². The fourth-order valence-corrected chi connectivity index (χ4v) is 3.90. The molecule has 0 unspecified atom stereocenters. The van der Waals surface area contributed by atoms with Crippen molar-refractivity contribution in [3.05, 3.63) is 52.4 Å². The van der Waals surface area contributed by atoms with Crippen molar-refractivity contribution < 1.29 is 0 Å². The molecule has 0 saturated carbocycles. The lowest BCUT2D eigenvalue weighted by atomic mass is 10.2. The van der Waals surface area contributed by atoms with Crippen LogP contribution >= 0.6 is 38.6 Å². The van der Waals surface area contributed by atoms with Crippen molar-refractivity contribution >= 4 is 43.6 Å². The van der Waals surface area contributed by atoms with Crippen LogP contribution in [-0.4, -0.2) is 14.6 Å². The summed E-state index contributed by atoms with van der Waals surface area (Å²) in [6.07, 6.45) is 1.98. The van der Waals surface area contributed by atoms with Crippen LogP contribution < -0.4 is 0 Å². The third kappa shape index (κ3) is 2.09. The molecule has 0 aliphatic carbocycles. The number of aromatic nitrogens is 3. The fraction of sp³-hybridized carbons (Fsp3) is 0. The molecule has 0 aliphatic rings. The van der Waals surface area contributed by atoms with Gasteiger partial charge in [0.05, 0.1) is 16.8 Å². The minimum absolute atomic E-state index is 0.923. The third-order valence-electron chi connectivity index (χ3n) is 2.92. The molecule has 0 bridgehead atoms. The molecule has 3 nitrogen and oxygen atoms in total. The molecule has 0 N–H and O–H groups in total. The molecule has 98 valence electrons. The van der Waals surface area contributed by atoms with Gasteiger partial charge in [-0.25, -0.2) is 9.50 Å². The van der Waals surface area contributed by atoms with E-state index in [0.29, 0.717) is 0 Å². The van der Waals surface area contributed by atoms with Crippen molar-refractivity contribution in [1.29, 1.82) is 0 Å². The van der Waals surface area contributed by atoms with E-state index in [2.05, 4.69) is 49.6 Å². The highest BCUT2D eigenvalue weighted by molar-refractivity contribution is 9.10. The minimum Gasteiger partial charge on any atom is -0.217 e. The number of benzene rings is 1. The summed E-state index contributed by atoms with van der Waals surface area (Å²) in [6, 6.07) is 12.3. The van der Waals surface area contributed by atoms with Gasteiger partial charge < -0.3 is 0 Å². The van der Waals surface area contributed by atoms with Crippen molar-refractivity contribution in [3.8, 4) is 21.1 Å². The quantitative estimate of drug-likeness (QED) is 0.505. The van der Waals surface area contributed by atoms with Gasteiger partial charge in [-0.15, -0.1) is 11.3 Å². The molecular weight excluding hydrogens is 354 g/mol. The first-order valence-electron chi connectivity index (χ1n) is 5.96. The van der Waals surface area contributed by atoms with Crippen LogP contribution in [0.15, 0.2) is 52.4 Å². The Kier molecular flexibility index (Phi) is 2.94. The first kappa shape index (κ1) is 12.3. The van der Waals surface area contributed by atoms with Crippen molar-refractivity contribution in [2.24, 2.45) is 0 Å². The fourth-order valence-electron chi connectivity index (χ4n) is 1.96. The van der Waals surface area contributed by atoms with E-state index < -0.39 is 0 Å². The molecule has 0 spiro atoms. The minimum atomic E-state index is 0.923. The van der Waals surface area contributed by atoms with Crippen LogP contribution in [0.1, 0.15) is 0 Å². The molecule has 3 heterocycles. The molecule has 0 radical (unpaired) electrons. The first-order valence-corrected chi connectivity index (χ1v) is 8.44. The van der Waals surface area contributed by atoms with E-state index in [-0.39, 0.29) is 0 Å². The summed E-state index contributed by atoms with van der Waals surface area (Å²) in [5.74, 6) is 0. The Bertz CT molecular complexity index is 828. The molecule has 0 saturated heterocycles. The van der Waals surface area contributed by atoms with Crippen LogP contribution in [0.25, 0.3) is 26.1 Å². The smallest absolute Gasteiger partial charge is 0.213 e. The van der Waals surface area contributed by atoms with Crippen LogP contribution in [0.2, 0.25) is 0 Å². The van der Waals surface area contributed by atoms with Crippen LogP contribution in [0.3, 0.4) is 0 Å². The Morgan fingerprint density at radius 2 is 1.95 bits per heavy atom. The second-order valence-electron chi connectivity index (χ2n) is 4.24. The Balaban J connectivity index is 1.77. The zero-order valence-electron chi connectivity index (χ0n) is 10.2. The van der Waals surface area contributed by atoms with Crippen molar-refractivity contribution in [1.82, 2.24) is 14.6 Å². The molecule has 3 aromatic heterocycles. The number of imidazole rings is 1. The van der Waals surface area contributed by atoms with Gasteiger partial charge in [0, 0.05) is 10.0 Å². The first-order chi connectivity index (χ1) is 9.79. The number of hydrogen-bond donors (Lipinski definition) is 0. The number of nitrogens with zero attached hydrogens (tertiary/aromatic N) is 3. The largest absolute Gasteiger partial charge is 0.217 e. The zero-order chi connectivity index (χ0) is 13.5. The van der Waals surface area contributed by atoms with Gasteiger partial charge in [0.25, 0.3) is 0 Å². The maximum absolute atomic E-state index is 4.65. The topological polar surface area (TPSA) is 30.2 Å². The lowest BCUT2D eigenvalue weighted by Crippen LogP contribution is -1.80. The van der Waals surface area contributed by atoms with Crippen LogP contribution in [0.5, 0.6) is 0 Å². The molecule has 0 amide bonds. The highest BCUT2D eigenvalue weighted by atomic mass is 79.9. The predicted octanol–water partition coefficient (Wildman–Crippen LogP) is 4.95. The summed E-state index contributed by atoms with van der Waals surface area (Å²) >= 11 is 6.76. The monoisotopic (exact) mass is 361 g/mol. The van der Waals surface area contributed by atoms with Gasteiger partial charge in [-0.1, -0.05) is 45.5 Å².